The highest BCUT2D eigenvalue weighted by Gasteiger charge is 2.30. The molecule has 0 aliphatic carbocycles. The average Bonchev–Trinajstić information content (AvgIpc) is 2.43. The molecular formula is C12H24N2O. The Bertz CT molecular complexity index is 214. The van der Waals surface area contributed by atoms with Crippen LogP contribution in [0.15, 0.2) is 0 Å². The van der Waals surface area contributed by atoms with Gasteiger partial charge in [0.25, 0.3) is 0 Å². The number of amides is 1. The molecule has 1 N–H and O–H groups in total. The molecule has 0 saturated carbocycles. The van der Waals surface area contributed by atoms with Crippen molar-refractivity contribution in [1.82, 2.24) is 10.2 Å². The maximum absolute atomic E-state index is 11.6. The van der Waals surface area contributed by atoms with Gasteiger partial charge < -0.3 is 4.90 Å². The number of nitrogens with one attached hydrogen (secondary N) is 1. The summed E-state index contributed by atoms with van der Waals surface area (Å²) in [5.74, 6) is 1.56. The van der Waals surface area contributed by atoms with Crippen LogP contribution >= 0.6 is 0 Å². The number of carbonyl (C=O) groups excluding carboxylic acids is 1. The van der Waals surface area contributed by atoms with Gasteiger partial charge in [-0.3, -0.25) is 10.1 Å². The van der Waals surface area contributed by atoms with Crippen LogP contribution in [0.25, 0.3) is 0 Å². The zero-order valence-corrected chi connectivity index (χ0v) is 10.4. The molecule has 0 bridgehead atoms. The van der Waals surface area contributed by atoms with Crippen LogP contribution in [0.3, 0.4) is 0 Å². The number of hydrogen-bond acceptors (Lipinski definition) is 2. The predicted molar refractivity (Wildman–Crippen MR) is 62.4 cm³/mol. The third-order valence-corrected chi connectivity index (χ3v) is 2.83. The van der Waals surface area contributed by atoms with Gasteiger partial charge in [0, 0.05) is 6.54 Å². The van der Waals surface area contributed by atoms with Crippen molar-refractivity contribution < 1.29 is 4.79 Å². The summed E-state index contributed by atoms with van der Waals surface area (Å²) in [4.78, 5) is 13.7. The van der Waals surface area contributed by atoms with E-state index < -0.39 is 0 Å². The molecule has 15 heavy (non-hydrogen) atoms. The molecule has 1 aliphatic heterocycles. The summed E-state index contributed by atoms with van der Waals surface area (Å²) in [6.07, 6.45) is 2.43. The maximum atomic E-state index is 11.6. The monoisotopic (exact) mass is 212 g/mol. The van der Waals surface area contributed by atoms with Gasteiger partial charge in [-0.2, -0.15) is 0 Å². The highest BCUT2D eigenvalue weighted by Crippen LogP contribution is 2.15. The van der Waals surface area contributed by atoms with Gasteiger partial charge in [-0.15, -0.1) is 0 Å². The Morgan fingerprint density at radius 2 is 2.00 bits per heavy atom. The minimum absolute atomic E-state index is 0.265. The number of rotatable bonds is 5. The van der Waals surface area contributed by atoms with Crippen LogP contribution in [0.4, 0.5) is 0 Å². The van der Waals surface area contributed by atoms with E-state index in [-0.39, 0.29) is 12.1 Å². The fourth-order valence-electron chi connectivity index (χ4n) is 1.93. The van der Waals surface area contributed by atoms with Crippen LogP contribution in [0.1, 0.15) is 40.5 Å². The molecule has 1 fully saturated rings. The molecule has 0 aromatic rings. The van der Waals surface area contributed by atoms with Gasteiger partial charge in [0.05, 0.1) is 12.7 Å². The molecule has 3 heteroatoms. The van der Waals surface area contributed by atoms with Crippen LogP contribution in [-0.4, -0.2) is 30.1 Å². The van der Waals surface area contributed by atoms with E-state index >= 15 is 0 Å². The Morgan fingerprint density at radius 3 is 2.53 bits per heavy atom. The van der Waals surface area contributed by atoms with Crippen LogP contribution in [0, 0.1) is 11.8 Å². The summed E-state index contributed by atoms with van der Waals surface area (Å²) in [5, 5.41) is 3.29. The first-order valence-corrected chi connectivity index (χ1v) is 6.03. The van der Waals surface area contributed by atoms with Crippen molar-refractivity contribution in [2.45, 2.75) is 46.7 Å². The van der Waals surface area contributed by atoms with E-state index in [1.807, 2.05) is 4.90 Å². The van der Waals surface area contributed by atoms with E-state index in [0.717, 1.165) is 19.4 Å². The lowest BCUT2D eigenvalue weighted by Crippen LogP contribution is -2.39. The van der Waals surface area contributed by atoms with E-state index in [4.69, 9.17) is 0 Å². The van der Waals surface area contributed by atoms with Crippen molar-refractivity contribution >= 4 is 5.91 Å². The average molecular weight is 212 g/mol. The van der Waals surface area contributed by atoms with Gasteiger partial charge in [-0.05, 0) is 24.7 Å². The van der Waals surface area contributed by atoms with Crippen molar-refractivity contribution in [3.8, 4) is 0 Å². The molecule has 1 heterocycles. The summed E-state index contributed by atoms with van der Waals surface area (Å²) >= 11 is 0. The third-order valence-electron chi connectivity index (χ3n) is 2.83. The first-order chi connectivity index (χ1) is 7.00. The van der Waals surface area contributed by atoms with Crippen molar-refractivity contribution in [1.29, 1.82) is 0 Å². The fourth-order valence-corrected chi connectivity index (χ4v) is 1.93. The largest absolute Gasteiger partial charge is 0.326 e. The van der Waals surface area contributed by atoms with Gasteiger partial charge in [0.2, 0.25) is 5.91 Å². The topological polar surface area (TPSA) is 32.3 Å². The Labute approximate surface area is 93.2 Å². The lowest BCUT2D eigenvalue weighted by atomic mass is 10.1. The van der Waals surface area contributed by atoms with Crippen LogP contribution in [-0.2, 0) is 4.79 Å². The molecule has 0 radical (unpaired) electrons. The van der Waals surface area contributed by atoms with Crippen molar-refractivity contribution in [3.05, 3.63) is 0 Å². The highest BCUT2D eigenvalue weighted by molar-refractivity contribution is 5.80. The van der Waals surface area contributed by atoms with Crippen LogP contribution in [0.2, 0.25) is 0 Å². The molecule has 1 rings (SSSR count). The van der Waals surface area contributed by atoms with Crippen LogP contribution < -0.4 is 5.32 Å². The second kappa shape index (κ2) is 5.50. The molecule has 1 unspecified atom stereocenters. The molecule has 1 aliphatic rings. The minimum Gasteiger partial charge on any atom is -0.326 e. The number of carbonyl (C=O) groups is 1. The molecule has 1 atom stereocenters. The second-order valence-electron chi connectivity index (χ2n) is 5.30. The summed E-state index contributed by atoms with van der Waals surface area (Å²) in [6, 6.07) is 0. The molecule has 88 valence electrons. The molecule has 0 spiro atoms. The Kier molecular flexibility index (Phi) is 4.58. The Balaban J connectivity index is 2.45. The Hall–Kier alpha value is -0.570. The fraction of sp³-hybridized carbons (Fsp3) is 0.917. The predicted octanol–water partition coefficient (Wildman–Crippen LogP) is 1.84. The highest BCUT2D eigenvalue weighted by atomic mass is 16.2. The SMILES string of the molecule is CC(C)CCN1C(=O)CNC1CC(C)C. The summed E-state index contributed by atoms with van der Waals surface area (Å²) in [7, 11) is 0. The zero-order chi connectivity index (χ0) is 11.4. The third kappa shape index (κ3) is 3.82. The van der Waals surface area contributed by atoms with Crippen molar-refractivity contribution in [2.24, 2.45) is 11.8 Å². The van der Waals surface area contributed by atoms with E-state index in [0.29, 0.717) is 18.4 Å². The summed E-state index contributed by atoms with van der Waals surface area (Å²) in [5.41, 5.74) is 0. The van der Waals surface area contributed by atoms with Gasteiger partial charge in [-0.25, -0.2) is 0 Å². The molecular weight excluding hydrogens is 188 g/mol. The number of hydrogen-bond donors (Lipinski definition) is 1. The van der Waals surface area contributed by atoms with E-state index in [1.165, 1.54) is 0 Å². The van der Waals surface area contributed by atoms with Gasteiger partial charge in [-0.1, -0.05) is 27.7 Å². The molecule has 1 amide bonds. The van der Waals surface area contributed by atoms with Gasteiger partial charge >= 0.3 is 0 Å². The molecule has 0 aromatic carbocycles. The zero-order valence-electron chi connectivity index (χ0n) is 10.4. The van der Waals surface area contributed by atoms with Crippen molar-refractivity contribution in [3.63, 3.8) is 0 Å². The lowest BCUT2D eigenvalue weighted by molar-refractivity contribution is -0.128. The molecule has 0 aromatic heterocycles. The number of nitrogens with zero attached hydrogens (tertiary/aromatic N) is 1. The van der Waals surface area contributed by atoms with E-state index in [1.54, 1.807) is 0 Å². The van der Waals surface area contributed by atoms with E-state index in [2.05, 4.69) is 33.0 Å². The van der Waals surface area contributed by atoms with Crippen LogP contribution in [0.5, 0.6) is 0 Å². The minimum atomic E-state index is 0.265. The first kappa shape index (κ1) is 12.5. The van der Waals surface area contributed by atoms with Crippen molar-refractivity contribution in [2.75, 3.05) is 13.1 Å². The van der Waals surface area contributed by atoms with Gasteiger partial charge in [0.15, 0.2) is 0 Å². The second-order valence-corrected chi connectivity index (χ2v) is 5.30. The Morgan fingerprint density at radius 1 is 1.33 bits per heavy atom. The lowest BCUT2D eigenvalue weighted by Gasteiger charge is -2.26. The summed E-state index contributed by atoms with van der Waals surface area (Å²) in [6.45, 7) is 10.2. The quantitative estimate of drug-likeness (QED) is 0.754. The summed E-state index contributed by atoms with van der Waals surface area (Å²) < 4.78 is 0. The van der Waals surface area contributed by atoms with Gasteiger partial charge in [0.1, 0.15) is 0 Å². The maximum Gasteiger partial charge on any atom is 0.237 e. The first-order valence-electron chi connectivity index (χ1n) is 6.03. The normalized spacial score (nSPS) is 22.1. The molecule has 3 nitrogen and oxygen atoms in total. The van der Waals surface area contributed by atoms with E-state index in [9.17, 15) is 4.79 Å². The smallest absolute Gasteiger partial charge is 0.237 e. The molecule has 1 saturated heterocycles. The standard InChI is InChI=1S/C12H24N2O/c1-9(2)5-6-14-11(7-10(3)4)13-8-12(14)15/h9-11,13H,5-8H2,1-4H3.